The van der Waals surface area contributed by atoms with E-state index in [1.54, 1.807) is 11.1 Å². The second kappa shape index (κ2) is 9.04. The van der Waals surface area contributed by atoms with Crippen molar-refractivity contribution in [3.05, 3.63) is 33.8 Å². The summed E-state index contributed by atoms with van der Waals surface area (Å²) in [7, 11) is 0. The standard InChI is InChI=1S/C18H28Cl2N2O2/c1-6-12(2)14(17(23)24-18(3,4)5)11-22(21)10-13-8-7-9-15(19)16(13)20/h7-9,12,14H,6,10-11,21H2,1-5H3/t12-,14+/m0/s1. The highest BCUT2D eigenvalue weighted by molar-refractivity contribution is 6.42. The van der Waals surface area contributed by atoms with Crippen molar-refractivity contribution in [2.45, 2.75) is 53.2 Å². The summed E-state index contributed by atoms with van der Waals surface area (Å²) in [5.41, 5.74) is 0.317. The maximum absolute atomic E-state index is 12.5. The monoisotopic (exact) mass is 374 g/mol. The summed E-state index contributed by atoms with van der Waals surface area (Å²) in [5.74, 6) is 5.80. The Morgan fingerprint density at radius 2 is 1.96 bits per heavy atom. The molecule has 1 aromatic rings. The first kappa shape index (κ1) is 21.2. The molecule has 0 aliphatic rings. The number of carbonyl (C=O) groups excluding carboxylic acids is 1. The average molecular weight is 375 g/mol. The number of nitrogens with two attached hydrogens (primary N) is 1. The van der Waals surface area contributed by atoms with Gasteiger partial charge >= 0.3 is 5.97 Å². The van der Waals surface area contributed by atoms with E-state index >= 15 is 0 Å². The van der Waals surface area contributed by atoms with Gasteiger partial charge in [0, 0.05) is 13.1 Å². The Labute approximate surface area is 155 Å². The number of hydrogen-bond donors (Lipinski definition) is 1. The van der Waals surface area contributed by atoms with Crippen LogP contribution in [0.25, 0.3) is 0 Å². The molecule has 24 heavy (non-hydrogen) atoms. The van der Waals surface area contributed by atoms with Crippen LogP contribution < -0.4 is 5.84 Å². The molecule has 0 amide bonds. The molecule has 0 aliphatic carbocycles. The first-order chi connectivity index (χ1) is 11.0. The van der Waals surface area contributed by atoms with Crippen molar-refractivity contribution in [2.75, 3.05) is 6.54 Å². The molecule has 2 N–H and O–H groups in total. The zero-order valence-corrected chi connectivity index (χ0v) is 16.6. The Morgan fingerprint density at radius 1 is 1.33 bits per heavy atom. The van der Waals surface area contributed by atoms with Gasteiger partial charge in [0.2, 0.25) is 0 Å². The van der Waals surface area contributed by atoms with Crippen molar-refractivity contribution < 1.29 is 9.53 Å². The second-order valence-electron chi connectivity index (χ2n) is 7.17. The van der Waals surface area contributed by atoms with Crippen molar-refractivity contribution in [3.63, 3.8) is 0 Å². The van der Waals surface area contributed by atoms with E-state index in [0.717, 1.165) is 12.0 Å². The molecule has 0 unspecified atom stereocenters. The predicted molar refractivity (Wildman–Crippen MR) is 99.8 cm³/mol. The van der Waals surface area contributed by atoms with Crippen LogP contribution in [0, 0.1) is 11.8 Å². The zero-order chi connectivity index (χ0) is 18.5. The topological polar surface area (TPSA) is 55.6 Å². The van der Waals surface area contributed by atoms with Gasteiger partial charge in [0.1, 0.15) is 5.60 Å². The molecule has 136 valence electrons. The third-order valence-electron chi connectivity index (χ3n) is 3.88. The predicted octanol–water partition coefficient (Wildman–Crippen LogP) is 4.67. The third kappa shape index (κ3) is 6.60. The summed E-state index contributed by atoms with van der Waals surface area (Å²) < 4.78 is 5.55. The van der Waals surface area contributed by atoms with Gasteiger partial charge in [0.15, 0.2) is 0 Å². The molecule has 0 aliphatic heterocycles. The molecule has 0 aromatic heterocycles. The molecule has 4 nitrogen and oxygen atoms in total. The van der Waals surface area contributed by atoms with E-state index in [9.17, 15) is 4.79 Å². The van der Waals surface area contributed by atoms with E-state index in [1.165, 1.54) is 0 Å². The minimum absolute atomic E-state index is 0.167. The summed E-state index contributed by atoms with van der Waals surface area (Å²) in [6.45, 7) is 10.5. The number of nitrogens with zero attached hydrogens (tertiary/aromatic N) is 1. The van der Waals surface area contributed by atoms with Crippen LogP contribution in [0.2, 0.25) is 10.0 Å². The van der Waals surface area contributed by atoms with E-state index in [0.29, 0.717) is 23.1 Å². The highest BCUT2D eigenvalue weighted by atomic mass is 35.5. The lowest BCUT2D eigenvalue weighted by molar-refractivity contribution is -0.162. The largest absolute Gasteiger partial charge is 0.460 e. The number of benzene rings is 1. The minimum Gasteiger partial charge on any atom is -0.460 e. The molecular formula is C18H28Cl2N2O2. The van der Waals surface area contributed by atoms with Crippen molar-refractivity contribution in [1.29, 1.82) is 0 Å². The summed E-state index contributed by atoms with van der Waals surface area (Å²) in [6, 6.07) is 5.44. The van der Waals surface area contributed by atoms with Crippen LogP contribution in [0.5, 0.6) is 0 Å². The van der Waals surface area contributed by atoms with Gasteiger partial charge in [0.25, 0.3) is 0 Å². The van der Waals surface area contributed by atoms with Crippen molar-refractivity contribution >= 4 is 29.2 Å². The third-order valence-corrected chi connectivity index (χ3v) is 4.73. The molecular weight excluding hydrogens is 347 g/mol. The van der Waals surface area contributed by atoms with E-state index in [2.05, 4.69) is 6.92 Å². The smallest absolute Gasteiger partial charge is 0.311 e. The lowest BCUT2D eigenvalue weighted by atomic mass is 9.91. The van der Waals surface area contributed by atoms with Crippen molar-refractivity contribution in [2.24, 2.45) is 17.7 Å². The molecule has 0 fully saturated rings. The fourth-order valence-corrected chi connectivity index (χ4v) is 2.74. The molecule has 2 atom stereocenters. The van der Waals surface area contributed by atoms with Gasteiger partial charge in [-0.2, -0.15) is 0 Å². The Bertz CT molecular complexity index is 558. The maximum Gasteiger partial charge on any atom is 0.311 e. The molecule has 1 aromatic carbocycles. The Hall–Kier alpha value is -0.810. The van der Waals surface area contributed by atoms with Gasteiger partial charge in [-0.05, 0) is 38.3 Å². The summed E-state index contributed by atoms with van der Waals surface area (Å²) >= 11 is 12.2. The molecule has 6 heteroatoms. The lowest BCUT2D eigenvalue weighted by Gasteiger charge is -2.29. The normalized spacial score (nSPS) is 14.5. The number of esters is 1. The molecule has 0 saturated heterocycles. The molecule has 0 heterocycles. The van der Waals surface area contributed by atoms with Crippen LogP contribution in [0.1, 0.15) is 46.6 Å². The Kier molecular flexibility index (Phi) is 8.00. The van der Waals surface area contributed by atoms with E-state index < -0.39 is 5.60 Å². The first-order valence-electron chi connectivity index (χ1n) is 8.20. The van der Waals surface area contributed by atoms with Crippen LogP contribution in [-0.2, 0) is 16.1 Å². The van der Waals surface area contributed by atoms with Crippen molar-refractivity contribution in [3.8, 4) is 0 Å². The zero-order valence-electron chi connectivity index (χ0n) is 15.1. The minimum atomic E-state index is -0.515. The molecule has 1 rings (SSSR count). The number of ether oxygens (including phenoxy) is 1. The first-order valence-corrected chi connectivity index (χ1v) is 8.96. The lowest BCUT2D eigenvalue weighted by Crippen LogP contribution is -2.42. The van der Waals surface area contributed by atoms with Crippen molar-refractivity contribution in [1.82, 2.24) is 5.01 Å². The van der Waals surface area contributed by atoms with Crippen LogP contribution >= 0.6 is 23.2 Å². The number of carbonyl (C=O) groups is 1. The number of hydrazine groups is 1. The highest BCUT2D eigenvalue weighted by Gasteiger charge is 2.30. The van der Waals surface area contributed by atoms with Gasteiger partial charge in [0.05, 0.1) is 16.0 Å². The fraction of sp³-hybridized carbons (Fsp3) is 0.611. The fourth-order valence-electron chi connectivity index (χ4n) is 2.36. The molecule has 0 bridgehead atoms. The van der Waals surface area contributed by atoms with Crippen LogP contribution in [0.15, 0.2) is 18.2 Å². The Balaban J connectivity index is 2.82. The van der Waals surface area contributed by atoms with Crippen LogP contribution in [0.3, 0.4) is 0 Å². The molecule has 0 spiro atoms. The SMILES string of the molecule is CC[C@H](C)[C@@H](CN(N)Cc1cccc(Cl)c1Cl)C(=O)OC(C)(C)C. The Morgan fingerprint density at radius 3 is 2.50 bits per heavy atom. The molecule has 0 saturated carbocycles. The average Bonchev–Trinajstić information content (AvgIpc) is 2.47. The van der Waals surface area contributed by atoms with E-state index in [1.807, 2.05) is 39.8 Å². The van der Waals surface area contributed by atoms with Gasteiger partial charge < -0.3 is 4.74 Å². The van der Waals surface area contributed by atoms with Crippen LogP contribution in [0.4, 0.5) is 0 Å². The number of halogens is 2. The second-order valence-corrected chi connectivity index (χ2v) is 7.95. The van der Waals surface area contributed by atoms with Gasteiger partial charge in [-0.3, -0.25) is 10.6 Å². The number of rotatable bonds is 7. The van der Waals surface area contributed by atoms with E-state index in [-0.39, 0.29) is 17.8 Å². The van der Waals surface area contributed by atoms with Crippen LogP contribution in [-0.4, -0.2) is 23.1 Å². The van der Waals surface area contributed by atoms with Gasteiger partial charge in [-0.25, -0.2) is 5.01 Å². The molecule has 0 radical (unpaired) electrons. The quantitative estimate of drug-likeness (QED) is 0.427. The highest BCUT2D eigenvalue weighted by Crippen LogP contribution is 2.27. The summed E-state index contributed by atoms with van der Waals surface area (Å²) in [4.78, 5) is 12.5. The maximum atomic E-state index is 12.5. The van der Waals surface area contributed by atoms with Gasteiger partial charge in [-0.1, -0.05) is 55.6 Å². The van der Waals surface area contributed by atoms with E-state index in [4.69, 9.17) is 33.8 Å². The summed E-state index contributed by atoms with van der Waals surface area (Å²) in [5, 5.41) is 2.58. The summed E-state index contributed by atoms with van der Waals surface area (Å²) in [6.07, 6.45) is 0.871. The number of hydrogen-bond acceptors (Lipinski definition) is 4. The van der Waals surface area contributed by atoms with Gasteiger partial charge in [-0.15, -0.1) is 0 Å².